The Bertz CT molecular complexity index is 958. The van der Waals surface area contributed by atoms with Crippen LogP contribution >= 0.6 is 24.0 Å². The van der Waals surface area contributed by atoms with Crippen molar-refractivity contribution in [1.82, 2.24) is 15.8 Å². The average Bonchev–Trinajstić information content (AvgIpc) is 2.95. The molecule has 25 heavy (non-hydrogen) atoms. The summed E-state index contributed by atoms with van der Waals surface area (Å²) in [6.45, 7) is 0. The van der Waals surface area contributed by atoms with Crippen LogP contribution in [-0.4, -0.2) is 16.8 Å². The molecular weight excluding hydrogens is 370 g/mol. The van der Waals surface area contributed by atoms with Crippen LogP contribution in [0.5, 0.6) is 0 Å². The number of amides is 2. The van der Waals surface area contributed by atoms with Crippen LogP contribution < -0.4 is 16.6 Å². The van der Waals surface area contributed by atoms with Gasteiger partial charge >= 0.3 is 0 Å². The van der Waals surface area contributed by atoms with Crippen LogP contribution in [-0.2, 0) is 0 Å². The van der Waals surface area contributed by atoms with Gasteiger partial charge < -0.3 is 10.7 Å². The van der Waals surface area contributed by atoms with Gasteiger partial charge in [-0.15, -0.1) is 12.4 Å². The number of rotatable bonds is 2. The molecule has 0 saturated carbocycles. The van der Waals surface area contributed by atoms with E-state index >= 15 is 0 Å². The number of nitrogen functional groups attached to an aromatic ring is 1. The molecule has 0 aliphatic carbocycles. The van der Waals surface area contributed by atoms with Crippen molar-refractivity contribution in [2.45, 2.75) is 0 Å². The number of anilines is 1. The maximum Gasteiger partial charge on any atom is 0.286 e. The van der Waals surface area contributed by atoms with Crippen molar-refractivity contribution in [1.29, 1.82) is 0 Å². The molecule has 130 valence electrons. The Morgan fingerprint density at radius 3 is 2.48 bits per heavy atom. The highest BCUT2D eigenvalue weighted by Crippen LogP contribution is 2.20. The topological polar surface area (TPSA) is 100 Å². The molecule has 2 amide bonds. The monoisotopic (exact) mass is 382 g/mol. The predicted molar refractivity (Wildman–Crippen MR) is 96.3 cm³/mol. The number of carbonyl (C=O) groups excluding carboxylic acids is 2. The second-order valence-corrected chi connectivity index (χ2v) is 5.49. The minimum absolute atomic E-state index is 0. The third-order valence-electron chi connectivity index (χ3n) is 3.38. The van der Waals surface area contributed by atoms with Gasteiger partial charge in [0, 0.05) is 21.6 Å². The largest absolute Gasteiger partial charge is 0.398 e. The summed E-state index contributed by atoms with van der Waals surface area (Å²) < 4.78 is 13.0. The van der Waals surface area contributed by atoms with E-state index in [0.717, 1.165) is 23.0 Å². The van der Waals surface area contributed by atoms with Gasteiger partial charge in [-0.05, 0) is 42.5 Å². The van der Waals surface area contributed by atoms with Crippen molar-refractivity contribution < 1.29 is 14.0 Å². The van der Waals surface area contributed by atoms with E-state index in [1.54, 1.807) is 24.3 Å². The molecule has 0 unspecified atom stereocenters. The number of aromatic amines is 1. The molecule has 0 bridgehead atoms. The van der Waals surface area contributed by atoms with E-state index in [1.165, 1.54) is 6.07 Å². The van der Waals surface area contributed by atoms with Crippen LogP contribution in [0.3, 0.4) is 0 Å². The fourth-order valence-electron chi connectivity index (χ4n) is 2.21. The molecule has 1 aromatic heterocycles. The van der Waals surface area contributed by atoms with Crippen molar-refractivity contribution in [3.8, 4) is 0 Å². The molecule has 0 spiro atoms. The molecule has 9 heteroatoms. The average molecular weight is 383 g/mol. The number of halogens is 3. The number of hydrogen-bond acceptors (Lipinski definition) is 3. The van der Waals surface area contributed by atoms with Gasteiger partial charge in [0.2, 0.25) is 0 Å². The van der Waals surface area contributed by atoms with Crippen LogP contribution in [0.1, 0.15) is 20.8 Å². The fraction of sp³-hybridized carbons (Fsp3) is 0. The highest BCUT2D eigenvalue weighted by Gasteiger charge is 2.14. The lowest BCUT2D eigenvalue weighted by Crippen LogP contribution is -2.42. The number of carbonyl (C=O) groups is 2. The molecule has 0 radical (unpaired) electrons. The van der Waals surface area contributed by atoms with Gasteiger partial charge in [0.1, 0.15) is 11.5 Å². The van der Waals surface area contributed by atoms with Crippen molar-refractivity contribution in [2.75, 3.05) is 5.73 Å². The molecule has 3 aromatic rings. The van der Waals surface area contributed by atoms with Crippen LogP contribution in [0.4, 0.5) is 10.1 Å². The Morgan fingerprint density at radius 2 is 1.76 bits per heavy atom. The second kappa shape index (κ2) is 7.42. The van der Waals surface area contributed by atoms with E-state index in [4.69, 9.17) is 17.3 Å². The van der Waals surface area contributed by atoms with Crippen molar-refractivity contribution in [3.63, 3.8) is 0 Å². The summed E-state index contributed by atoms with van der Waals surface area (Å²) in [5, 5.41) is 1.32. The SMILES string of the molecule is Cl.Nc1cc(F)ccc1C(=O)NNC(=O)c1cc2cc(Cl)ccc2[nH]1. The highest BCUT2D eigenvalue weighted by molar-refractivity contribution is 6.31. The maximum atomic E-state index is 13.0. The minimum Gasteiger partial charge on any atom is -0.398 e. The standard InChI is InChI=1S/C16H12ClFN4O2.ClH/c17-9-1-4-13-8(5-9)6-14(20-13)16(24)22-21-15(23)11-3-2-10(18)7-12(11)19;/h1-7,20H,19H2,(H,21,23)(H,22,24);1H. The Morgan fingerprint density at radius 1 is 1.04 bits per heavy atom. The van der Waals surface area contributed by atoms with E-state index in [-0.39, 0.29) is 29.4 Å². The second-order valence-electron chi connectivity index (χ2n) is 5.05. The van der Waals surface area contributed by atoms with Crippen LogP contribution in [0.25, 0.3) is 10.9 Å². The first-order valence-corrected chi connectivity index (χ1v) is 7.26. The van der Waals surface area contributed by atoms with Crippen molar-refractivity contribution in [3.05, 3.63) is 64.6 Å². The molecular formula is C16H13Cl2FN4O2. The normalized spacial score (nSPS) is 10.2. The molecule has 0 aliphatic rings. The molecule has 1 heterocycles. The first-order chi connectivity index (χ1) is 11.4. The number of nitrogens with one attached hydrogen (secondary N) is 3. The molecule has 5 N–H and O–H groups in total. The molecule has 0 fully saturated rings. The third kappa shape index (κ3) is 4.01. The zero-order chi connectivity index (χ0) is 17.3. The number of fused-ring (bicyclic) bond motifs is 1. The lowest BCUT2D eigenvalue weighted by molar-refractivity contribution is 0.0845. The summed E-state index contributed by atoms with van der Waals surface area (Å²) in [5.41, 5.74) is 11.1. The van der Waals surface area contributed by atoms with Crippen molar-refractivity contribution >= 4 is 52.4 Å². The summed E-state index contributed by atoms with van der Waals surface area (Å²) >= 11 is 5.89. The predicted octanol–water partition coefficient (Wildman–Crippen LogP) is 3.04. The van der Waals surface area contributed by atoms with Gasteiger partial charge in [0.15, 0.2) is 0 Å². The lowest BCUT2D eigenvalue weighted by Gasteiger charge is -2.08. The first-order valence-electron chi connectivity index (χ1n) is 6.88. The van der Waals surface area contributed by atoms with Crippen molar-refractivity contribution in [2.24, 2.45) is 0 Å². The van der Waals surface area contributed by atoms with Gasteiger partial charge in [-0.1, -0.05) is 11.6 Å². The van der Waals surface area contributed by atoms with Gasteiger partial charge in [-0.2, -0.15) is 0 Å². The zero-order valence-corrected chi connectivity index (χ0v) is 14.2. The smallest absolute Gasteiger partial charge is 0.286 e. The molecule has 0 saturated heterocycles. The number of hydrazine groups is 1. The van der Waals surface area contributed by atoms with E-state index in [0.29, 0.717) is 5.02 Å². The van der Waals surface area contributed by atoms with Crippen LogP contribution in [0.2, 0.25) is 5.02 Å². The Kier molecular flexibility index (Phi) is 5.51. The maximum absolute atomic E-state index is 13.0. The summed E-state index contributed by atoms with van der Waals surface area (Å²) in [4.78, 5) is 27.0. The highest BCUT2D eigenvalue weighted by atomic mass is 35.5. The van der Waals surface area contributed by atoms with E-state index in [2.05, 4.69) is 15.8 Å². The van der Waals surface area contributed by atoms with Gasteiger partial charge in [0.25, 0.3) is 11.8 Å². The minimum atomic E-state index is -0.653. The number of hydrogen-bond donors (Lipinski definition) is 4. The van der Waals surface area contributed by atoms with Crippen LogP contribution in [0, 0.1) is 5.82 Å². The fourth-order valence-corrected chi connectivity index (χ4v) is 2.39. The Labute approximate surface area is 152 Å². The summed E-state index contributed by atoms with van der Waals surface area (Å²) in [6, 6.07) is 10.1. The third-order valence-corrected chi connectivity index (χ3v) is 3.61. The molecule has 6 nitrogen and oxygen atoms in total. The summed E-state index contributed by atoms with van der Waals surface area (Å²) in [6.07, 6.45) is 0. The van der Waals surface area contributed by atoms with Gasteiger partial charge in [-0.3, -0.25) is 20.4 Å². The zero-order valence-electron chi connectivity index (χ0n) is 12.6. The quantitative estimate of drug-likeness (QED) is 0.404. The lowest BCUT2D eigenvalue weighted by atomic mass is 10.1. The van der Waals surface area contributed by atoms with Gasteiger partial charge in [0.05, 0.1) is 5.56 Å². The van der Waals surface area contributed by atoms with Crippen LogP contribution in [0.15, 0.2) is 42.5 Å². The molecule has 3 rings (SSSR count). The molecule has 2 aromatic carbocycles. The Hall–Kier alpha value is -2.77. The van der Waals surface area contributed by atoms with E-state index < -0.39 is 17.6 Å². The summed E-state index contributed by atoms with van der Waals surface area (Å²) in [7, 11) is 0. The molecule has 0 atom stereocenters. The Balaban J connectivity index is 0.00000225. The molecule has 0 aliphatic heterocycles. The van der Waals surface area contributed by atoms with E-state index in [9.17, 15) is 14.0 Å². The number of nitrogens with two attached hydrogens (primary N) is 1. The number of H-pyrrole nitrogens is 1. The summed E-state index contributed by atoms with van der Waals surface area (Å²) in [5.74, 6) is -1.75. The van der Waals surface area contributed by atoms with E-state index in [1.807, 2.05) is 0 Å². The first kappa shape index (κ1) is 18.6. The number of benzene rings is 2. The van der Waals surface area contributed by atoms with Gasteiger partial charge in [-0.25, -0.2) is 4.39 Å². The number of aromatic nitrogens is 1.